The molecule has 6 nitrogen and oxygen atoms in total. The van der Waals surface area contributed by atoms with Gasteiger partial charge in [0.05, 0.1) is 11.0 Å². The molecule has 2 amide bonds. The van der Waals surface area contributed by atoms with Crippen LogP contribution in [0, 0.1) is 5.41 Å². The van der Waals surface area contributed by atoms with E-state index >= 15 is 0 Å². The Kier molecular flexibility index (Phi) is 4.76. The van der Waals surface area contributed by atoms with E-state index in [1.165, 1.54) is 6.42 Å². The molecule has 0 radical (unpaired) electrons. The molecule has 21 heavy (non-hydrogen) atoms. The van der Waals surface area contributed by atoms with Gasteiger partial charge in [-0.3, -0.25) is 4.79 Å². The Balaban J connectivity index is 1.86. The summed E-state index contributed by atoms with van der Waals surface area (Å²) in [6.07, 6.45) is 5.93. The molecule has 1 aliphatic heterocycles. The van der Waals surface area contributed by atoms with Gasteiger partial charge < -0.3 is 20.1 Å². The third-order valence-corrected chi connectivity index (χ3v) is 5.04. The van der Waals surface area contributed by atoms with Crippen molar-refractivity contribution >= 4 is 12.0 Å². The number of rotatable bonds is 4. The lowest BCUT2D eigenvalue weighted by Gasteiger charge is -2.36. The smallest absolute Gasteiger partial charge is 0.317 e. The minimum atomic E-state index is -0.835. The highest BCUT2D eigenvalue weighted by Crippen LogP contribution is 2.32. The van der Waals surface area contributed by atoms with Crippen molar-refractivity contribution in [2.75, 3.05) is 26.7 Å². The molecule has 0 spiro atoms. The number of likely N-dealkylation sites (tertiary alicyclic amines) is 1. The maximum atomic E-state index is 12.2. The van der Waals surface area contributed by atoms with E-state index in [1.54, 1.807) is 18.9 Å². The molecule has 0 bridgehead atoms. The number of hydrogen-bond donors (Lipinski definition) is 2. The Morgan fingerprint density at radius 2 is 1.90 bits per heavy atom. The lowest BCUT2D eigenvalue weighted by molar-refractivity contribution is -0.147. The highest BCUT2D eigenvalue weighted by molar-refractivity contribution is 5.79. The molecular weight excluding hydrogens is 272 g/mol. The van der Waals surface area contributed by atoms with Gasteiger partial charge in [0, 0.05) is 26.7 Å². The zero-order chi connectivity index (χ0) is 15.5. The minimum Gasteiger partial charge on any atom is -0.481 e. The second-order valence-electron chi connectivity index (χ2n) is 6.64. The fourth-order valence-corrected chi connectivity index (χ4v) is 3.31. The Labute approximate surface area is 125 Å². The number of carboxylic acids is 1. The molecule has 1 heterocycles. The van der Waals surface area contributed by atoms with Crippen LogP contribution in [0.25, 0.3) is 0 Å². The predicted octanol–water partition coefficient (Wildman–Crippen LogP) is 1.84. The third-order valence-electron chi connectivity index (χ3n) is 5.04. The van der Waals surface area contributed by atoms with Crippen molar-refractivity contribution in [3.05, 3.63) is 0 Å². The SMILES string of the molecule is COC1(CNC(=O)N2CCC(C)(C(=O)O)C2)CCCCC1. The van der Waals surface area contributed by atoms with Gasteiger partial charge in [-0.25, -0.2) is 4.79 Å². The number of nitrogens with zero attached hydrogens (tertiary/aromatic N) is 1. The Morgan fingerprint density at radius 3 is 2.43 bits per heavy atom. The molecule has 1 unspecified atom stereocenters. The number of carbonyl (C=O) groups excluding carboxylic acids is 1. The van der Waals surface area contributed by atoms with Crippen LogP contribution in [0.15, 0.2) is 0 Å². The molecule has 1 saturated carbocycles. The number of methoxy groups -OCH3 is 1. The number of carboxylic acid groups (broad SMARTS) is 1. The second-order valence-corrected chi connectivity index (χ2v) is 6.64. The van der Waals surface area contributed by atoms with Gasteiger partial charge in [0.15, 0.2) is 0 Å². The molecule has 6 heteroatoms. The van der Waals surface area contributed by atoms with Gasteiger partial charge in [0.25, 0.3) is 0 Å². The zero-order valence-electron chi connectivity index (χ0n) is 13.0. The summed E-state index contributed by atoms with van der Waals surface area (Å²) in [5, 5.41) is 12.1. The Morgan fingerprint density at radius 1 is 1.24 bits per heavy atom. The molecule has 2 N–H and O–H groups in total. The van der Waals surface area contributed by atoms with Gasteiger partial charge in [0.1, 0.15) is 0 Å². The van der Waals surface area contributed by atoms with Crippen molar-refractivity contribution in [3.63, 3.8) is 0 Å². The van der Waals surface area contributed by atoms with Crippen molar-refractivity contribution in [2.45, 2.75) is 51.0 Å². The van der Waals surface area contributed by atoms with E-state index in [4.69, 9.17) is 4.74 Å². The van der Waals surface area contributed by atoms with Crippen LogP contribution in [0.2, 0.25) is 0 Å². The number of urea groups is 1. The molecule has 0 aromatic rings. The van der Waals surface area contributed by atoms with Crippen LogP contribution in [0.3, 0.4) is 0 Å². The highest BCUT2D eigenvalue weighted by Gasteiger charge is 2.42. The lowest BCUT2D eigenvalue weighted by Crippen LogP contribution is -2.49. The van der Waals surface area contributed by atoms with Crippen LogP contribution in [-0.4, -0.2) is 54.4 Å². The van der Waals surface area contributed by atoms with Gasteiger partial charge in [0.2, 0.25) is 0 Å². The molecule has 2 fully saturated rings. The van der Waals surface area contributed by atoms with Crippen molar-refractivity contribution in [3.8, 4) is 0 Å². The zero-order valence-corrected chi connectivity index (χ0v) is 13.0. The first-order valence-corrected chi connectivity index (χ1v) is 7.72. The first-order chi connectivity index (χ1) is 9.91. The quantitative estimate of drug-likeness (QED) is 0.830. The number of nitrogens with one attached hydrogen (secondary N) is 1. The van der Waals surface area contributed by atoms with Gasteiger partial charge in [-0.2, -0.15) is 0 Å². The normalized spacial score (nSPS) is 28.4. The third kappa shape index (κ3) is 3.48. The lowest BCUT2D eigenvalue weighted by atomic mass is 9.84. The maximum absolute atomic E-state index is 12.2. The Hall–Kier alpha value is -1.30. The summed E-state index contributed by atoms with van der Waals surface area (Å²) >= 11 is 0. The van der Waals surface area contributed by atoms with Crippen molar-refractivity contribution < 1.29 is 19.4 Å². The molecule has 1 saturated heterocycles. The van der Waals surface area contributed by atoms with E-state index in [0.717, 1.165) is 25.7 Å². The van der Waals surface area contributed by atoms with E-state index in [-0.39, 0.29) is 18.2 Å². The first-order valence-electron chi connectivity index (χ1n) is 7.72. The topological polar surface area (TPSA) is 78.9 Å². The summed E-state index contributed by atoms with van der Waals surface area (Å²) in [4.78, 5) is 25.0. The van der Waals surface area contributed by atoms with E-state index in [2.05, 4.69) is 5.32 Å². The van der Waals surface area contributed by atoms with Crippen LogP contribution in [0.5, 0.6) is 0 Å². The monoisotopic (exact) mass is 298 g/mol. The summed E-state index contributed by atoms with van der Waals surface area (Å²) in [5.41, 5.74) is -1.06. The number of ether oxygens (including phenoxy) is 1. The number of carbonyl (C=O) groups is 2. The first kappa shape index (κ1) is 16.1. The van der Waals surface area contributed by atoms with Gasteiger partial charge in [-0.05, 0) is 26.2 Å². The summed E-state index contributed by atoms with van der Waals surface area (Å²) in [6.45, 7) is 2.96. The standard InChI is InChI=1S/C15H26N2O4/c1-14(12(18)19)8-9-17(11-14)13(20)16-10-15(21-2)6-4-3-5-7-15/h3-11H2,1-2H3,(H,16,20)(H,18,19). The number of amides is 2. The fourth-order valence-electron chi connectivity index (χ4n) is 3.31. The van der Waals surface area contributed by atoms with E-state index in [0.29, 0.717) is 19.5 Å². The highest BCUT2D eigenvalue weighted by atomic mass is 16.5. The van der Waals surface area contributed by atoms with E-state index < -0.39 is 11.4 Å². The molecular formula is C15H26N2O4. The predicted molar refractivity (Wildman–Crippen MR) is 78.2 cm³/mol. The molecule has 0 aromatic carbocycles. The summed E-state index contributed by atoms with van der Waals surface area (Å²) in [7, 11) is 1.70. The van der Waals surface area contributed by atoms with Crippen molar-refractivity contribution in [2.24, 2.45) is 5.41 Å². The molecule has 120 valence electrons. The molecule has 2 aliphatic rings. The van der Waals surface area contributed by atoms with Crippen LogP contribution in [0.1, 0.15) is 45.4 Å². The van der Waals surface area contributed by atoms with E-state index in [9.17, 15) is 14.7 Å². The maximum Gasteiger partial charge on any atom is 0.317 e. The van der Waals surface area contributed by atoms with Gasteiger partial charge in [-0.1, -0.05) is 19.3 Å². The van der Waals surface area contributed by atoms with Gasteiger partial charge in [-0.15, -0.1) is 0 Å². The summed E-state index contributed by atoms with van der Waals surface area (Å²) in [5.74, 6) is -0.835. The molecule has 0 aromatic heterocycles. The van der Waals surface area contributed by atoms with Crippen LogP contribution in [-0.2, 0) is 9.53 Å². The fraction of sp³-hybridized carbons (Fsp3) is 0.867. The minimum absolute atomic E-state index is 0.179. The largest absolute Gasteiger partial charge is 0.481 e. The van der Waals surface area contributed by atoms with Crippen LogP contribution < -0.4 is 5.32 Å². The average Bonchev–Trinajstić information content (AvgIpc) is 2.90. The Bertz CT molecular complexity index is 406. The van der Waals surface area contributed by atoms with Crippen molar-refractivity contribution in [1.29, 1.82) is 0 Å². The second kappa shape index (κ2) is 6.22. The average molecular weight is 298 g/mol. The summed E-state index contributed by atoms with van der Waals surface area (Å²) < 4.78 is 5.64. The molecule has 2 rings (SSSR count). The number of aliphatic carboxylic acids is 1. The summed E-state index contributed by atoms with van der Waals surface area (Å²) in [6, 6.07) is -0.179. The van der Waals surface area contributed by atoms with E-state index in [1.807, 2.05) is 0 Å². The molecule has 1 aliphatic carbocycles. The van der Waals surface area contributed by atoms with Crippen LogP contribution >= 0.6 is 0 Å². The van der Waals surface area contributed by atoms with Crippen LogP contribution in [0.4, 0.5) is 4.79 Å². The molecule has 1 atom stereocenters. The number of hydrogen-bond acceptors (Lipinski definition) is 3. The van der Waals surface area contributed by atoms with Gasteiger partial charge >= 0.3 is 12.0 Å². The van der Waals surface area contributed by atoms with Crippen molar-refractivity contribution in [1.82, 2.24) is 10.2 Å².